The molecule has 1 unspecified atom stereocenters. The number of unbranched alkanes of at least 4 members (excludes halogenated alkanes) is 1. The minimum absolute atomic E-state index is 0.0201. The fraction of sp³-hybridized carbons (Fsp3) is 0.462. The molecule has 0 bridgehead atoms. The van der Waals surface area contributed by atoms with Gasteiger partial charge in [0.05, 0.1) is 22.0 Å². The second-order valence-electron chi connectivity index (χ2n) is 9.18. The molecular formula is C26H34N4O3S. The molecule has 7 nitrogen and oxygen atoms in total. The lowest BCUT2D eigenvalue weighted by atomic mass is 9.87. The van der Waals surface area contributed by atoms with E-state index in [2.05, 4.69) is 35.0 Å². The van der Waals surface area contributed by atoms with Crippen LogP contribution in [0.1, 0.15) is 62.0 Å². The maximum Gasteiger partial charge on any atom is 0.242 e. The number of amides is 1. The maximum atomic E-state index is 12.9. The van der Waals surface area contributed by atoms with Gasteiger partial charge in [-0.15, -0.1) is 0 Å². The highest BCUT2D eigenvalue weighted by Crippen LogP contribution is 2.29. The first-order chi connectivity index (χ1) is 16.3. The van der Waals surface area contributed by atoms with Crippen molar-refractivity contribution in [1.29, 1.82) is 0 Å². The minimum Gasteiger partial charge on any atom is -0.349 e. The molecular weight excluding hydrogens is 448 g/mol. The van der Waals surface area contributed by atoms with Crippen LogP contribution in [0.2, 0.25) is 0 Å². The Balaban J connectivity index is 1.53. The van der Waals surface area contributed by atoms with Gasteiger partial charge in [-0.3, -0.25) is 4.79 Å². The number of fused-ring (bicyclic) bond motifs is 2. The molecule has 0 fully saturated rings. The van der Waals surface area contributed by atoms with Crippen molar-refractivity contribution in [2.75, 3.05) is 14.1 Å². The lowest BCUT2D eigenvalue weighted by Crippen LogP contribution is -2.31. The van der Waals surface area contributed by atoms with E-state index in [4.69, 9.17) is 4.98 Å². The summed E-state index contributed by atoms with van der Waals surface area (Å²) < 4.78 is 28.5. The number of hydrogen-bond acceptors (Lipinski definition) is 4. The third-order valence-corrected chi connectivity index (χ3v) is 8.40. The molecule has 0 saturated heterocycles. The second kappa shape index (κ2) is 10.3. The number of nitrogens with one attached hydrogen (secondary N) is 1. The topological polar surface area (TPSA) is 84.3 Å². The first-order valence-corrected chi connectivity index (χ1v) is 13.5. The average molecular weight is 483 g/mol. The number of carbonyl (C=O) groups is 1. The van der Waals surface area contributed by atoms with E-state index in [-0.39, 0.29) is 16.8 Å². The number of rotatable bonds is 9. The Hall–Kier alpha value is -2.71. The summed E-state index contributed by atoms with van der Waals surface area (Å²) in [5.74, 6) is 0.841. The summed E-state index contributed by atoms with van der Waals surface area (Å²) in [7, 11) is -0.492. The van der Waals surface area contributed by atoms with Gasteiger partial charge in [0.2, 0.25) is 15.9 Å². The largest absolute Gasteiger partial charge is 0.349 e. The molecule has 0 radical (unpaired) electrons. The molecule has 4 rings (SSSR count). The second-order valence-corrected chi connectivity index (χ2v) is 11.3. The van der Waals surface area contributed by atoms with Crippen LogP contribution in [0.3, 0.4) is 0 Å². The Kier molecular flexibility index (Phi) is 7.38. The molecule has 34 heavy (non-hydrogen) atoms. The lowest BCUT2D eigenvalue weighted by molar-refractivity contribution is -0.121. The van der Waals surface area contributed by atoms with Crippen LogP contribution >= 0.6 is 0 Å². The van der Waals surface area contributed by atoms with Gasteiger partial charge in [-0.2, -0.15) is 0 Å². The van der Waals surface area contributed by atoms with Crippen molar-refractivity contribution in [3.8, 4) is 0 Å². The molecule has 1 N–H and O–H groups in total. The highest BCUT2D eigenvalue weighted by molar-refractivity contribution is 7.89. The van der Waals surface area contributed by atoms with Crippen LogP contribution in [-0.4, -0.2) is 42.3 Å². The van der Waals surface area contributed by atoms with E-state index in [0.717, 1.165) is 50.0 Å². The van der Waals surface area contributed by atoms with Crippen molar-refractivity contribution in [3.05, 3.63) is 59.4 Å². The zero-order chi connectivity index (χ0) is 24.3. The van der Waals surface area contributed by atoms with Gasteiger partial charge in [-0.25, -0.2) is 17.7 Å². The predicted octanol–water partition coefficient (Wildman–Crippen LogP) is 4.21. The van der Waals surface area contributed by atoms with Crippen LogP contribution in [0, 0.1) is 0 Å². The Morgan fingerprint density at radius 3 is 2.76 bits per heavy atom. The number of benzene rings is 2. The zero-order valence-corrected chi connectivity index (χ0v) is 21.1. The van der Waals surface area contributed by atoms with Crippen molar-refractivity contribution in [2.24, 2.45) is 0 Å². The Morgan fingerprint density at radius 1 is 1.21 bits per heavy atom. The van der Waals surface area contributed by atoms with Gasteiger partial charge in [-0.1, -0.05) is 37.6 Å². The third kappa shape index (κ3) is 5.03. The standard InChI is InChI=1S/C26H34N4O3S/c1-4-5-17-30-24-14-13-20(34(32,33)29(2)3)18-23(24)27-25(30)15-16-26(31)28-22-12-8-10-19-9-6-7-11-21(19)22/h6-7,9,11,13-14,18,22H,4-5,8,10,12,15-17H2,1-3H3,(H,28,31). The van der Waals surface area contributed by atoms with Crippen molar-refractivity contribution in [3.63, 3.8) is 0 Å². The number of aromatic nitrogens is 2. The molecule has 0 aliphatic heterocycles. The molecule has 8 heteroatoms. The quantitative estimate of drug-likeness (QED) is 0.495. The average Bonchev–Trinajstić information content (AvgIpc) is 3.18. The molecule has 1 aliphatic rings. The zero-order valence-electron chi connectivity index (χ0n) is 20.3. The molecule has 2 aromatic carbocycles. The minimum atomic E-state index is -3.54. The molecule has 1 aromatic heterocycles. The first kappa shape index (κ1) is 24.4. The van der Waals surface area contributed by atoms with E-state index in [1.165, 1.54) is 29.5 Å². The van der Waals surface area contributed by atoms with E-state index >= 15 is 0 Å². The lowest BCUT2D eigenvalue weighted by Gasteiger charge is -2.26. The molecule has 1 amide bonds. The molecule has 1 aliphatic carbocycles. The van der Waals surface area contributed by atoms with Crippen LogP contribution in [0.25, 0.3) is 11.0 Å². The van der Waals surface area contributed by atoms with Gasteiger partial charge in [0.15, 0.2) is 0 Å². The van der Waals surface area contributed by atoms with Gasteiger partial charge in [0, 0.05) is 33.5 Å². The van der Waals surface area contributed by atoms with Gasteiger partial charge >= 0.3 is 0 Å². The van der Waals surface area contributed by atoms with Crippen molar-refractivity contribution in [2.45, 2.75) is 69.4 Å². The van der Waals surface area contributed by atoms with E-state index < -0.39 is 10.0 Å². The van der Waals surface area contributed by atoms with Gasteiger partial charge in [0.25, 0.3) is 0 Å². The molecule has 0 saturated carbocycles. The number of hydrogen-bond donors (Lipinski definition) is 1. The SMILES string of the molecule is CCCCn1c(CCC(=O)NC2CCCc3ccccc32)nc2cc(S(=O)(=O)N(C)C)ccc21. The van der Waals surface area contributed by atoms with Crippen LogP contribution in [-0.2, 0) is 34.2 Å². The summed E-state index contributed by atoms with van der Waals surface area (Å²) in [6.07, 6.45) is 5.98. The van der Waals surface area contributed by atoms with E-state index in [1.54, 1.807) is 12.1 Å². The maximum absolute atomic E-state index is 12.9. The van der Waals surface area contributed by atoms with E-state index in [9.17, 15) is 13.2 Å². The number of nitrogens with zero attached hydrogens (tertiary/aromatic N) is 3. The summed E-state index contributed by atoms with van der Waals surface area (Å²) in [5.41, 5.74) is 4.11. The molecule has 3 aromatic rings. The summed E-state index contributed by atoms with van der Waals surface area (Å²) >= 11 is 0. The Bertz CT molecular complexity index is 1280. The first-order valence-electron chi connectivity index (χ1n) is 12.1. The van der Waals surface area contributed by atoms with E-state index in [0.29, 0.717) is 18.4 Å². The summed E-state index contributed by atoms with van der Waals surface area (Å²) in [6, 6.07) is 13.5. The predicted molar refractivity (Wildman–Crippen MR) is 134 cm³/mol. The number of aryl methyl sites for hydroxylation is 3. The molecule has 1 atom stereocenters. The van der Waals surface area contributed by atoms with Crippen molar-refractivity contribution >= 4 is 27.0 Å². The van der Waals surface area contributed by atoms with Crippen LogP contribution in [0.4, 0.5) is 0 Å². The normalized spacial score (nSPS) is 16.1. The summed E-state index contributed by atoms with van der Waals surface area (Å²) in [6.45, 7) is 2.93. The number of sulfonamides is 1. The van der Waals surface area contributed by atoms with E-state index in [1.807, 2.05) is 12.1 Å². The van der Waals surface area contributed by atoms with Crippen molar-refractivity contribution in [1.82, 2.24) is 19.2 Å². The van der Waals surface area contributed by atoms with Crippen LogP contribution < -0.4 is 5.32 Å². The summed E-state index contributed by atoms with van der Waals surface area (Å²) in [4.78, 5) is 17.8. The molecule has 0 spiro atoms. The summed E-state index contributed by atoms with van der Waals surface area (Å²) in [5, 5.41) is 3.22. The molecule has 182 valence electrons. The van der Waals surface area contributed by atoms with Gasteiger partial charge in [-0.05, 0) is 55.0 Å². The fourth-order valence-corrected chi connectivity index (χ4v) is 5.61. The number of imidazole rings is 1. The van der Waals surface area contributed by atoms with Gasteiger partial charge in [0.1, 0.15) is 5.82 Å². The smallest absolute Gasteiger partial charge is 0.242 e. The monoisotopic (exact) mass is 482 g/mol. The highest BCUT2D eigenvalue weighted by Gasteiger charge is 2.23. The molecule has 1 heterocycles. The number of carbonyl (C=O) groups excluding carboxylic acids is 1. The van der Waals surface area contributed by atoms with Crippen LogP contribution in [0.15, 0.2) is 47.4 Å². The third-order valence-electron chi connectivity index (χ3n) is 6.59. The van der Waals surface area contributed by atoms with Gasteiger partial charge < -0.3 is 9.88 Å². The van der Waals surface area contributed by atoms with Crippen molar-refractivity contribution < 1.29 is 13.2 Å². The fourth-order valence-electron chi connectivity index (χ4n) is 4.68. The Labute approximate surface area is 202 Å². The Morgan fingerprint density at radius 2 is 2.00 bits per heavy atom. The highest BCUT2D eigenvalue weighted by atomic mass is 32.2. The van der Waals surface area contributed by atoms with Crippen LogP contribution in [0.5, 0.6) is 0 Å².